The minimum atomic E-state index is -3.88. The summed E-state index contributed by atoms with van der Waals surface area (Å²) in [5.74, 6) is 0. The number of nitrogens with zero attached hydrogens (tertiary/aromatic N) is 1. The van der Waals surface area contributed by atoms with Crippen molar-refractivity contribution < 1.29 is 18.0 Å². The van der Waals surface area contributed by atoms with Gasteiger partial charge in [-0.15, -0.1) is 0 Å². The highest BCUT2D eigenvalue weighted by atomic mass is 32.2. The molecule has 22 heavy (non-hydrogen) atoms. The minimum Gasteiger partial charge on any atom is -0.301 e. The molecule has 1 aliphatic rings. The van der Waals surface area contributed by atoms with E-state index in [0.717, 1.165) is 18.7 Å². The van der Waals surface area contributed by atoms with Crippen molar-refractivity contribution in [3.8, 4) is 0 Å². The number of hydrogen-bond acceptors (Lipinski definition) is 5. The summed E-state index contributed by atoms with van der Waals surface area (Å²) in [5.41, 5.74) is 3.03. The summed E-state index contributed by atoms with van der Waals surface area (Å²) in [7, 11) is -3.88. The lowest BCUT2D eigenvalue weighted by atomic mass is 10.2. The summed E-state index contributed by atoms with van der Waals surface area (Å²) in [6, 6.07) is 5.32. The zero-order valence-electron chi connectivity index (χ0n) is 12.5. The number of hydrogen-bond donors (Lipinski definition) is 2. The van der Waals surface area contributed by atoms with E-state index in [2.05, 4.69) is 10.4 Å². The third kappa shape index (κ3) is 4.97. The van der Waals surface area contributed by atoms with Crippen molar-refractivity contribution in [3.63, 3.8) is 0 Å². The van der Waals surface area contributed by atoms with Gasteiger partial charge in [-0.05, 0) is 45.0 Å². The van der Waals surface area contributed by atoms with Crippen LogP contribution in [0.15, 0.2) is 29.2 Å². The fourth-order valence-corrected chi connectivity index (χ4v) is 3.11. The van der Waals surface area contributed by atoms with E-state index >= 15 is 0 Å². The molecule has 1 saturated heterocycles. The number of urea groups is 1. The van der Waals surface area contributed by atoms with E-state index in [9.17, 15) is 13.2 Å². The molecule has 1 fully saturated rings. The third-order valence-corrected chi connectivity index (χ3v) is 4.78. The average molecular weight is 327 g/mol. The first-order valence-electron chi connectivity index (χ1n) is 7.21. The van der Waals surface area contributed by atoms with Crippen LogP contribution in [0.1, 0.15) is 18.4 Å². The number of sulfonamides is 1. The maximum atomic E-state index is 12.0. The Morgan fingerprint density at radius 1 is 1.23 bits per heavy atom. The molecule has 7 nitrogen and oxygen atoms in total. The maximum absolute atomic E-state index is 12.0. The van der Waals surface area contributed by atoms with Gasteiger partial charge in [0.25, 0.3) is 10.0 Å². The van der Waals surface area contributed by atoms with Crippen LogP contribution >= 0.6 is 0 Å². The Labute approximate surface area is 130 Å². The number of nitrogens with one attached hydrogen (secondary N) is 2. The van der Waals surface area contributed by atoms with Crippen molar-refractivity contribution in [3.05, 3.63) is 29.8 Å². The molecule has 0 bridgehead atoms. The van der Waals surface area contributed by atoms with Crippen LogP contribution in [0.5, 0.6) is 0 Å². The largest absolute Gasteiger partial charge is 0.352 e. The van der Waals surface area contributed by atoms with E-state index in [0.29, 0.717) is 13.2 Å². The van der Waals surface area contributed by atoms with Crippen molar-refractivity contribution in [1.29, 1.82) is 0 Å². The van der Waals surface area contributed by atoms with Gasteiger partial charge < -0.3 is 4.90 Å². The SMILES string of the molecule is Cc1ccc(S(=O)(=O)NC(=O)NOCCN2CCCC2)cc1. The van der Waals surface area contributed by atoms with Gasteiger partial charge in [0.2, 0.25) is 0 Å². The van der Waals surface area contributed by atoms with Crippen molar-refractivity contribution in [1.82, 2.24) is 15.1 Å². The van der Waals surface area contributed by atoms with Crippen molar-refractivity contribution >= 4 is 16.1 Å². The van der Waals surface area contributed by atoms with Crippen LogP contribution in [0.4, 0.5) is 4.79 Å². The number of aryl methyl sites for hydroxylation is 1. The van der Waals surface area contributed by atoms with Crippen molar-refractivity contribution in [2.75, 3.05) is 26.2 Å². The smallest absolute Gasteiger partial charge is 0.301 e. The van der Waals surface area contributed by atoms with Crippen LogP contribution in [0, 0.1) is 6.92 Å². The summed E-state index contributed by atoms with van der Waals surface area (Å²) < 4.78 is 25.8. The number of hydroxylamine groups is 1. The molecule has 2 amide bonds. The predicted molar refractivity (Wildman–Crippen MR) is 81.7 cm³/mol. The van der Waals surface area contributed by atoms with Gasteiger partial charge in [-0.2, -0.15) is 0 Å². The van der Waals surface area contributed by atoms with Gasteiger partial charge in [-0.3, -0.25) is 4.84 Å². The second kappa shape index (κ2) is 7.57. The van der Waals surface area contributed by atoms with Gasteiger partial charge in [0.1, 0.15) is 0 Å². The lowest BCUT2D eigenvalue weighted by Gasteiger charge is -2.14. The first kappa shape index (κ1) is 16.7. The van der Waals surface area contributed by atoms with Gasteiger partial charge in [-0.25, -0.2) is 23.4 Å². The molecule has 8 heteroatoms. The highest BCUT2D eigenvalue weighted by Gasteiger charge is 2.17. The molecule has 0 atom stereocenters. The fourth-order valence-electron chi connectivity index (χ4n) is 2.22. The summed E-state index contributed by atoms with van der Waals surface area (Å²) in [4.78, 5) is 18.8. The molecular formula is C14H21N3O4S. The zero-order chi connectivity index (χ0) is 16.0. The molecule has 0 radical (unpaired) electrons. The van der Waals surface area contributed by atoms with E-state index in [1.54, 1.807) is 12.1 Å². The van der Waals surface area contributed by atoms with E-state index < -0.39 is 16.1 Å². The van der Waals surface area contributed by atoms with E-state index in [1.165, 1.54) is 25.0 Å². The highest BCUT2D eigenvalue weighted by Crippen LogP contribution is 2.09. The Bertz CT molecular complexity index is 595. The number of carbonyl (C=O) groups excluding carboxylic acids is 1. The summed E-state index contributed by atoms with van der Waals surface area (Å²) in [5, 5.41) is 0. The van der Waals surface area contributed by atoms with Gasteiger partial charge in [0, 0.05) is 6.54 Å². The molecule has 0 saturated carbocycles. The van der Waals surface area contributed by atoms with Gasteiger partial charge in [0.05, 0.1) is 11.5 Å². The number of carbonyl (C=O) groups is 1. The molecule has 0 unspecified atom stereocenters. The highest BCUT2D eigenvalue weighted by molar-refractivity contribution is 7.90. The molecule has 1 aromatic rings. The number of rotatable bonds is 6. The molecule has 1 heterocycles. The Morgan fingerprint density at radius 2 is 1.86 bits per heavy atom. The Morgan fingerprint density at radius 3 is 2.50 bits per heavy atom. The van der Waals surface area contributed by atoms with Crippen molar-refractivity contribution in [2.24, 2.45) is 0 Å². The molecule has 1 aromatic carbocycles. The predicted octanol–water partition coefficient (Wildman–Crippen LogP) is 1.01. The van der Waals surface area contributed by atoms with Crippen LogP contribution in [-0.2, 0) is 14.9 Å². The molecule has 0 aliphatic carbocycles. The van der Waals surface area contributed by atoms with E-state index in [4.69, 9.17) is 4.84 Å². The van der Waals surface area contributed by atoms with Gasteiger partial charge >= 0.3 is 6.03 Å². The average Bonchev–Trinajstić information content (AvgIpc) is 2.97. The monoisotopic (exact) mass is 327 g/mol. The molecule has 0 aromatic heterocycles. The second-order valence-corrected chi connectivity index (χ2v) is 6.93. The fraction of sp³-hybridized carbons (Fsp3) is 0.500. The van der Waals surface area contributed by atoms with Crippen LogP contribution < -0.4 is 10.2 Å². The topological polar surface area (TPSA) is 87.7 Å². The third-order valence-electron chi connectivity index (χ3n) is 3.43. The summed E-state index contributed by atoms with van der Waals surface area (Å²) in [6.45, 7) is 4.96. The number of likely N-dealkylation sites (tertiary alicyclic amines) is 1. The standard InChI is InChI=1S/C14H21N3O4S/c1-12-4-6-13(7-5-12)22(19,20)16-14(18)15-21-11-10-17-8-2-3-9-17/h4-7H,2-3,8-11H2,1H3,(H2,15,16,18). The van der Waals surface area contributed by atoms with E-state index in [1.807, 2.05) is 11.6 Å². The quantitative estimate of drug-likeness (QED) is 0.601. The Balaban J connectivity index is 1.74. The summed E-state index contributed by atoms with van der Waals surface area (Å²) in [6.07, 6.45) is 2.37. The molecule has 2 N–H and O–H groups in total. The van der Waals surface area contributed by atoms with Crippen molar-refractivity contribution in [2.45, 2.75) is 24.7 Å². The summed E-state index contributed by atoms with van der Waals surface area (Å²) >= 11 is 0. The second-order valence-electron chi connectivity index (χ2n) is 5.25. The number of amides is 2. The maximum Gasteiger partial charge on any atom is 0.352 e. The van der Waals surface area contributed by atoms with Gasteiger partial charge in [-0.1, -0.05) is 17.7 Å². The molecule has 0 spiro atoms. The molecular weight excluding hydrogens is 306 g/mol. The van der Waals surface area contributed by atoms with Gasteiger partial charge in [0.15, 0.2) is 0 Å². The van der Waals surface area contributed by atoms with Crippen LogP contribution in [0.2, 0.25) is 0 Å². The number of benzene rings is 1. The van der Waals surface area contributed by atoms with E-state index in [-0.39, 0.29) is 4.90 Å². The lowest BCUT2D eigenvalue weighted by molar-refractivity contribution is 0.0502. The lowest BCUT2D eigenvalue weighted by Crippen LogP contribution is -2.40. The van der Waals surface area contributed by atoms with Crippen LogP contribution in [0.3, 0.4) is 0 Å². The first-order valence-corrected chi connectivity index (χ1v) is 8.69. The Kier molecular flexibility index (Phi) is 5.76. The normalized spacial score (nSPS) is 15.7. The minimum absolute atomic E-state index is 0.0327. The molecule has 2 rings (SSSR count). The zero-order valence-corrected chi connectivity index (χ0v) is 13.4. The molecule has 122 valence electrons. The first-order chi connectivity index (χ1) is 10.5. The Hall–Kier alpha value is -1.64. The molecule has 1 aliphatic heterocycles. The van der Waals surface area contributed by atoms with Crippen LogP contribution in [0.25, 0.3) is 0 Å². The van der Waals surface area contributed by atoms with Crippen LogP contribution in [-0.4, -0.2) is 45.6 Å².